The van der Waals surface area contributed by atoms with Gasteiger partial charge in [0, 0.05) is 12.5 Å². The number of nitrogens with zero attached hydrogens (tertiary/aromatic N) is 2. The molecule has 0 aliphatic carbocycles. The lowest BCUT2D eigenvalue weighted by Gasteiger charge is -2.10. The minimum atomic E-state index is 0.510. The van der Waals surface area contributed by atoms with Crippen molar-refractivity contribution in [1.82, 2.24) is 15.5 Å². The molecule has 0 aromatic carbocycles. The van der Waals surface area contributed by atoms with Crippen LogP contribution in [0, 0.1) is 0 Å². The molecule has 0 saturated heterocycles. The molecule has 92 valence electrons. The van der Waals surface area contributed by atoms with Gasteiger partial charge in [-0.3, -0.25) is 0 Å². The average molecular weight is 243 g/mol. The maximum atomic E-state index is 5.17. The summed E-state index contributed by atoms with van der Waals surface area (Å²) >= 11 is 1.71. The predicted octanol–water partition coefficient (Wildman–Crippen LogP) is 2.25. The monoisotopic (exact) mass is 243 g/mol. The van der Waals surface area contributed by atoms with Crippen LogP contribution in [-0.2, 0) is 12.2 Å². The molecule has 4 nitrogen and oxygen atoms in total. The molecule has 1 aromatic heterocycles. The first kappa shape index (κ1) is 13.5. The first-order chi connectivity index (χ1) is 7.76. The Balaban J connectivity index is 2.25. The highest BCUT2D eigenvalue weighted by molar-refractivity contribution is 7.97. The molecule has 1 atom stereocenters. The Morgan fingerprint density at radius 3 is 3.00 bits per heavy atom. The van der Waals surface area contributed by atoms with Crippen molar-refractivity contribution in [1.29, 1.82) is 0 Å². The van der Waals surface area contributed by atoms with E-state index in [0.717, 1.165) is 36.9 Å². The van der Waals surface area contributed by atoms with Crippen molar-refractivity contribution in [2.75, 3.05) is 12.8 Å². The largest absolute Gasteiger partial charge is 0.339 e. The third-order valence-electron chi connectivity index (χ3n) is 2.32. The molecule has 1 unspecified atom stereocenters. The van der Waals surface area contributed by atoms with E-state index in [9.17, 15) is 0 Å². The molecule has 0 saturated carbocycles. The van der Waals surface area contributed by atoms with Gasteiger partial charge in [0.05, 0.1) is 5.75 Å². The van der Waals surface area contributed by atoms with E-state index in [2.05, 4.69) is 29.3 Å². The third kappa shape index (κ3) is 4.99. The number of hydrogen-bond acceptors (Lipinski definition) is 5. The summed E-state index contributed by atoms with van der Waals surface area (Å²) in [6, 6.07) is 0.510. The van der Waals surface area contributed by atoms with Crippen LogP contribution >= 0.6 is 11.8 Å². The van der Waals surface area contributed by atoms with Crippen molar-refractivity contribution in [3.63, 3.8) is 0 Å². The second-order valence-corrected chi connectivity index (χ2v) is 4.80. The summed E-state index contributed by atoms with van der Waals surface area (Å²) in [5.41, 5.74) is 0. The van der Waals surface area contributed by atoms with Crippen LogP contribution in [0.3, 0.4) is 0 Å². The fourth-order valence-electron chi connectivity index (χ4n) is 1.41. The van der Waals surface area contributed by atoms with Crippen molar-refractivity contribution in [3.05, 3.63) is 11.7 Å². The topological polar surface area (TPSA) is 51.0 Å². The van der Waals surface area contributed by atoms with E-state index in [0.29, 0.717) is 6.04 Å². The molecule has 16 heavy (non-hydrogen) atoms. The van der Waals surface area contributed by atoms with Crippen LogP contribution in [0.2, 0.25) is 0 Å². The molecular weight excluding hydrogens is 222 g/mol. The maximum Gasteiger partial charge on any atom is 0.226 e. The molecule has 0 amide bonds. The molecule has 0 aliphatic rings. The summed E-state index contributed by atoms with van der Waals surface area (Å²) in [5.74, 6) is 2.39. The third-order valence-corrected chi connectivity index (χ3v) is 2.86. The zero-order valence-electron chi connectivity index (χ0n) is 10.3. The van der Waals surface area contributed by atoms with Crippen molar-refractivity contribution in [2.24, 2.45) is 0 Å². The average Bonchev–Trinajstić information content (AvgIpc) is 2.72. The van der Waals surface area contributed by atoms with E-state index in [1.54, 1.807) is 11.8 Å². The first-order valence-corrected chi connectivity index (χ1v) is 7.19. The smallest absolute Gasteiger partial charge is 0.226 e. The van der Waals surface area contributed by atoms with Crippen molar-refractivity contribution < 1.29 is 4.52 Å². The lowest BCUT2D eigenvalue weighted by Crippen LogP contribution is -2.27. The number of hydrogen-bond donors (Lipinski definition) is 1. The highest BCUT2D eigenvalue weighted by atomic mass is 32.2. The minimum absolute atomic E-state index is 0.510. The van der Waals surface area contributed by atoms with Crippen LogP contribution in [0.1, 0.15) is 38.4 Å². The fourth-order valence-corrected chi connectivity index (χ4v) is 1.79. The minimum Gasteiger partial charge on any atom is -0.339 e. The molecule has 0 fully saturated rings. The zero-order valence-corrected chi connectivity index (χ0v) is 11.1. The highest BCUT2D eigenvalue weighted by Crippen LogP contribution is 2.07. The normalized spacial score (nSPS) is 12.9. The Hall–Kier alpha value is -0.550. The molecule has 1 aromatic rings. The Kier molecular flexibility index (Phi) is 6.49. The Bertz CT molecular complexity index is 291. The molecule has 0 aliphatic heterocycles. The number of aromatic nitrogens is 2. The number of rotatable bonds is 8. The second-order valence-electron chi connectivity index (χ2n) is 3.93. The van der Waals surface area contributed by atoms with Crippen LogP contribution in [0.5, 0.6) is 0 Å². The van der Waals surface area contributed by atoms with Crippen LogP contribution in [0.25, 0.3) is 0 Å². The summed E-state index contributed by atoms with van der Waals surface area (Å²) in [5, 5.41) is 7.36. The van der Waals surface area contributed by atoms with E-state index < -0.39 is 0 Å². The molecule has 1 heterocycles. The Labute approximate surface area is 102 Å². The second kappa shape index (κ2) is 7.68. The number of aryl methyl sites for hydroxylation is 1. The van der Waals surface area contributed by atoms with Crippen molar-refractivity contribution in [2.45, 2.75) is 44.9 Å². The van der Waals surface area contributed by atoms with Crippen molar-refractivity contribution in [3.8, 4) is 0 Å². The predicted molar refractivity (Wildman–Crippen MR) is 67.6 cm³/mol. The van der Waals surface area contributed by atoms with Gasteiger partial charge in [-0.1, -0.05) is 12.1 Å². The highest BCUT2D eigenvalue weighted by Gasteiger charge is 2.07. The number of nitrogens with one attached hydrogen (secondary N) is 1. The summed E-state index contributed by atoms with van der Waals surface area (Å²) in [7, 11) is 0. The lowest BCUT2D eigenvalue weighted by atomic mass is 10.2. The van der Waals surface area contributed by atoms with Gasteiger partial charge in [-0.2, -0.15) is 16.7 Å². The summed E-state index contributed by atoms with van der Waals surface area (Å²) in [4.78, 5) is 4.33. The van der Waals surface area contributed by atoms with Gasteiger partial charge < -0.3 is 9.84 Å². The SMILES string of the molecule is CCCNC(C)CCc1nc(CSC)no1. The van der Waals surface area contributed by atoms with Gasteiger partial charge in [0.2, 0.25) is 5.89 Å². The quantitative estimate of drug-likeness (QED) is 0.759. The molecule has 0 spiro atoms. The zero-order chi connectivity index (χ0) is 11.8. The van der Waals surface area contributed by atoms with Crippen LogP contribution < -0.4 is 5.32 Å². The van der Waals surface area contributed by atoms with E-state index >= 15 is 0 Å². The molecule has 0 bridgehead atoms. The van der Waals surface area contributed by atoms with E-state index in [4.69, 9.17) is 4.52 Å². The molecular formula is C11H21N3OS. The van der Waals surface area contributed by atoms with E-state index in [1.807, 2.05) is 6.26 Å². The van der Waals surface area contributed by atoms with E-state index in [1.165, 1.54) is 6.42 Å². The van der Waals surface area contributed by atoms with Crippen LogP contribution in [0.15, 0.2) is 4.52 Å². The van der Waals surface area contributed by atoms with Crippen molar-refractivity contribution >= 4 is 11.8 Å². The van der Waals surface area contributed by atoms with Gasteiger partial charge in [-0.15, -0.1) is 0 Å². The molecule has 5 heteroatoms. The Morgan fingerprint density at radius 2 is 2.31 bits per heavy atom. The Morgan fingerprint density at radius 1 is 1.50 bits per heavy atom. The standard InChI is InChI=1S/C11H21N3OS/c1-4-7-12-9(2)5-6-11-13-10(8-16-3)14-15-11/h9,12H,4-8H2,1-3H3. The van der Waals surface area contributed by atoms with Gasteiger partial charge in [0.15, 0.2) is 5.82 Å². The van der Waals surface area contributed by atoms with Gasteiger partial charge >= 0.3 is 0 Å². The van der Waals surface area contributed by atoms with Gasteiger partial charge in [0.25, 0.3) is 0 Å². The molecule has 1 N–H and O–H groups in total. The van der Waals surface area contributed by atoms with Gasteiger partial charge in [-0.05, 0) is 32.6 Å². The molecule has 0 radical (unpaired) electrons. The van der Waals surface area contributed by atoms with Gasteiger partial charge in [0.1, 0.15) is 0 Å². The lowest BCUT2D eigenvalue weighted by molar-refractivity contribution is 0.363. The van der Waals surface area contributed by atoms with Crippen LogP contribution in [-0.4, -0.2) is 29.0 Å². The molecule has 1 rings (SSSR count). The summed E-state index contributed by atoms with van der Waals surface area (Å²) in [6.07, 6.45) is 5.11. The van der Waals surface area contributed by atoms with Crippen LogP contribution in [0.4, 0.5) is 0 Å². The first-order valence-electron chi connectivity index (χ1n) is 5.80. The summed E-state index contributed by atoms with van der Waals surface area (Å²) < 4.78 is 5.17. The number of thioether (sulfide) groups is 1. The van der Waals surface area contributed by atoms with Gasteiger partial charge in [-0.25, -0.2) is 0 Å². The maximum absolute atomic E-state index is 5.17. The fraction of sp³-hybridized carbons (Fsp3) is 0.818. The summed E-state index contributed by atoms with van der Waals surface area (Å²) in [6.45, 7) is 5.43. The van der Waals surface area contributed by atoms with E-state index in [-0.39, 0.29) is 0 Å².